The number of allylic oxidation sites excluding steroid dienone is 14. The molecule has 0 amide bonds. The largest absolute Gasteiger partial charge is 0.462 e. The standard InChI is InChI=1S/C58H98O6/c1-4-7-10-13-16-19-22-25-27-29-30-32-33-36-39-42-45-48-51-57(60)63-54-55(53-62-56(59)50-47-44-41-38-35-24-21-18-15-12-9-6-3)64-58(61)52-49-46-43-40-37-34-31-28-26-23-20-17-14-11-8-5-2/h8,11,17,20,22,25-30,32,34,37,55H,4-7,9-10,12-16,18-19,21,23-24,31,33,35-36,38-54H2,1-3H3/b11-8-,20-17-,25-22-,28-26-,29-27-,32-30-,37-34-. The monoisotopic (exact) mass is 891 g/mol. The lowest BCUT2D eigenvalue weighted by Gasteiger charge is -2.18. The van der Waals surface area contributed by atoms with Crippen molar-refractivity contribution in [2.24, 2.45) is 0 Å². The zero-order chi connectivity index (χ0) is 46.5. The number of unbranched alkanes of at least 4 members (excludes halogenated alkanes) is 24. The normalized spacial score (nSPS) is 12.7. The van der Waals surface area contributed by atoms with Crippen molar-refractivity contribution in [1.82, 2.24) is 0 Å². The Balaban J connectivity index is 4.47. The zero-order valence-corrected chi connectivity index (χ0v) is 41.8. The minimum Gasteiger partial charge on any atom is -0.462 e. The number of hydrogen-bond donors (Lipinski definition) is 0. The van der Waals surface area contributed by atoms with Crippen molar-refractivity contribution < 1.29 is 28.6 Å². The lowest BCUT2D eigenvalue weighted by Crippen LogP contribution is -2.30. The van der Waals surface area contributed by atoms with Gasteiger partial charge in [-0.1, -0.05) is 228 Å². The lowest BCUT2D eigenvalue weighted by atomic mass is 10.0. The second-order valence-electron chi connectivity index (χ2n) is 17.5. The molecular weight excluding hydrogens is 793 g/mol. The molecule has 6 nitrogen and oxygen atoms in total. The summed E-state index contributed by atoms with van der Waals surface area (Å²) in [5.41, 5.74) is 0. The van der Waals surface area contributed by atoms with E-state index in [0.29, 0.717) is 12.8 Å². The molecule has 0 radical (unpaired) electrons. The zero-order valence-electron chi connectivity index (χ0n) is 41.8. The number of carbonyl (C=O) groups excluding carboxylic acids is 3. The average molecular weight is 891 g/mol. The van der Waals surface area contributed by atoms with Crippen molar-refractivity contribution >= 4 is 17.9 Å². The van der Waals surface area contributed by atoms with Crippen LogP contribution >= 0.6 is 0 Å². The van der Waals surface area contributed by atoms with E-state index in [1.54, 1.807) is 0 Å². The summed E-state index contributed by atoms with van der Waals surface area (Å²) in [5, 5.41) is 0. The minimum atomic E-state index is -0.800. The molecule has 0 aliphatic carbocycles. The molecule has 0 saturated carbocycles. The lowest BCUT2D eigenvalue weighted by molar-refractivity contribution is -0.167. The molecule has 64 heavy (non-hydrogen) atoms. The fraction of sp³-hybridized carbons (Fsp3) is 0.707. The van der Waals surface area contributed by atoms with Crippen LogP contribution in [0.25, 0.3) is 0 Å². The molecule has 1 atom stereocenters. The molecule has 0 saturated heterocycles. The number of ether oxygens (including phenoxy) is 3. The SMILES string of the molecule is CC/C=C\C/C=C\C/C=C\C/C=C\CCCCCC(=O)OC(COC(=O)CCCCCCC\C=C/C=C\C=C/CCCCCCC)COC(=O)CCCCCCCCCCCCCC. The van der Waals surface area contributed by atoms with Gasteiger partial charge < -0.3 is 14.2 Å². The second kappa shape index (κ2) is 52.2. The van der Waals surface area contributed by atoms with Crippen LogP contribution in [-0.4, -0.2) is 37.2 Å². The van der Waals surface area contributed by atoms with E-state index in [0.717, 1.165) is 116 Å². The van der Waals surface area contributed by atoms with Gasteiger partial charge in [-0.3, -0.25) is 14.4 Å². The van der Waals surface area contributed by atoms with Crippen LogP contribution in [0.5, 0.6) is 0 Å². The van der Waals surface area contributed by atoms with Gasteiger partial charge >= 0.3 is 17.9 Å². The van der Waals surface area contributed by atoms with E-state index in [9.17, 15) is 14.4 Å². The van der Waals surface area contributed by atoms with Crippen molar-refractivity contribution in [2.45, 2.75) is 252 Å². The summed E-state index contributed by atoms with van der Waals surface area (Å²) < 4.78 is 16.8. The van der Waals surface area contributed by atoms with Gasteiger partial charge in [-0.2, -0.15) is 0 Å². The summed E-state index contributed by atoms with van der Waals surface area (Å²) in [7, 11) is 0. The van der Waals surface area contributed by atoms with Crippen molar-refractivity contribution in [1.29, 1.82) is 0 Å². The third kappa shape index (κ3) is 49.6. The number of hydrogen-bond acceptors (Lipinski definition) is 6. The van der Waals surface area contributed by atoms with E-state index in [1.165, 1.54) is 89.9 Å². The molecule has 366 valence electrons. The van der Waals surface area contributed by atoms with E-state index < -0.39 is 6.10 Å². The van der Waals surface area contributed by atoms with Crippen LogP contribution in [0, 0.1) is 0 Å². The van der Waals surface area contributed by atoms with Gasteiger partial charge in [-0.05, 0) is 83.5 Å². The average Bonchev–Trinajstić information content (AvgIpc) is 3.29. The minimum absolute atomic E-state index is 0.0952. The first-order valence-corrected chi connectivity index (χ1v) is 26.6. The summed E-state index contributed by atoms with van der Waals surface area (Å²) in [6.07, 6.45) is 67.0. The van der Waals surface area contributed by atoms with Gasteiger partial charge in [0.05, 0.1) is 0 Å². The fourth-order valence-electron chi connectivity index (χ4n) is 7.20. The van der Waals surface area contributed by atoms with Gasteiger partial charge in [0.2, 0.25) is 0 Å². The summed E-state index contributed by atoms with van der Waals surface area (Å²) in [4.78, 5) is 38.0. The maximum Gasteiger partial charge on any atom is 0.306 e. The highest BCUT2D eigenvalue weighted by Gasteiger charge is 2.19. The molecule has 1 unspecified atom stereocenters. The van der Waals surface area contributed by atoms with Crippen LogP contribution in [0.1, 0.15) is 245 Å². The first-order chi connectivity index (χ1) is 31.5. The first kappa shape index (κ1) is 60.6. The van der Waals surface area contributed by atoms with Crippen LogP contribution in [0.4, 0.5) is 0 Å². The van der Waals surface area contributed by atoms with Crippen molar-refractivity contribution in [3.63, 3.8) is 0 Å². The molecule has 0 aromatic carbocycles. The topological polar surface area (TPSA) is 78.9 Å². The molecule has 0 fully saturated rings. The third-order valence-electron chi connectivity index (χ3n) is 11.2. The van der Waals surface area contributed by atoms with Crippen LogP contribution < -0.4 is 0 Å². The molecule has 0 rings (SSSR count). The Morgan fingerprint density at radius 3 is 1.09 bits per heavy atom. The summed E-state index contributed by atoms with van der Waals surface area (Å²) in [5.74, 6) is -0.946. The van der Waals surface area contributed by atoms with Crippen LogP contribution in [0.3, 0.4) is 0 Å². The molecule has 0 N–H and O–H groups in total. The highest BCUT2D eigenvalue weighted by molar-refractivity contribution is 5.71. The van der Waals surface area contributed by atoms with Crippen molar-refractivity contribution in [3.05, 3.63) is 85.1 Å². The molecule has 0 aromatic heterocycles. The van der Waals surface area contributed by atoms with Crippen LogP contribution in [0.15, 0.2) is 85.1 Å². The summed E-state index contributed by atoms with van der Waals surface area (Å²) in [6, 6.07) is 0. The first-order valence-electron chi connectivity index (χ1n) is 26.6. The molecule has 0 aromatic rings. The molecule has 0 heterocycles. The van der Waals surface area contributed by atoms with E-state index >= 15 is 0 Å². The van der Waals surface area contributed by atoms with E-state index in [1.807, 2.05) is 0 Å². The fourth-order valence-corrected chi connectivity index (χ4v) is 7.20. The molecule has 0 aliphatic heterocycles. The molecule has 0 aliphatic rings. The highest BCUT2D eigenvalue weighted by atomic mass is 16.6. The molecular formula is C58H98O6. The van der Waals surface area contributed by atoms with Gasteiger partial charge in [0.25, 0.3) is 0 Å². The van der Waals surface area contributed by atoms with Crippen molar-refractivity contribution in [2.75, 3.05) is 13.2 Å². The van der Waals surface area contributed by atoms with Gasteiger partial charge in [-0.15, -0.1) is 0 Å². The Hall–Kier alpha value is -3.41. The quantitative estimate of drug-likeness (QED) is 0.0199. The number of carbonyl (C=O) groups is 3. The Bertz CT molecular complexity index is 1250. The summed E-state index contributed by atoms with van der Waals surface area (Å²) in [6.45, 7) is 6.46. The molecule has 0 bridgehead atoms. The predicted molar refractivity (Wildman–Crippen MR) is 274 cm³/mol. The maximum atomic E-state index is 12.8. The smallest absolute Gasteiger partial charge is 0.306 e. The summed E-state index contributed by atoms with van der Waals surface area (Å²) >= 11 is 0. The Morgan fingerprint density at radius 2 is 0.672 bits per heavy atom. The van der Waals surface area contributed by atoms with Gasteiger partial charge in [-0.25, -0.2) is 0 Å². The van der Waals surface area contributed by atoms with E-state index in [4.69, 9.17) is 14.2 Å². The van der Waals surface area contributed by atoms with Crippen LogP contribution in [0.2, 0.25) is 0 Å². The Labute approximate surface area is 395 Å². The van der Waals surface area contributed by atoms with Crippen LogP contribution in [-0.2, 0) is 28.6 Å². The van der Waals surface area contributed by atoms with Gasteiger partial charge in [0.1, 0.15) is 13.2 Å². The third-order valence-corrected chi connectivity index (χ3v) is 11.2. The van der Waals surface area contributed by atoms with E-state index in [-0.39, 0.29) is 37.5 Å². The Kier molecular flexibility index (Phi) is 49.4. The maximum absolute atomic E-state index is 12.8. The number of esters is 3. The number of rotatable bonds is 47. The van der Waals surface area contributed by atoms with E-state index in [2.05, 4.69) is 106 Å². The predicted octanol–water partition coefficient (Wildman–Crippen LogP) is 17.6. The van der Waals surface area contributed by atoms with Crippen molar-refractivity contribution in [3.8, 4) is 0 Å². The molecule has 6 heteroatoms. The van der Waals surface area contributed by atoms with Gasteiger partial charge in [0, 0.05) is 19.3 Å². The highest BCUT2D eigenvalue weighted by Crippen LogP contribution is 2.14. The Morgan fingerprint density at radius 1 is 0.344 bits per heavy atom. The van der Waals surface area contributed by atoms with Gasteiger partial charge in [0.15, 0.2) is 6.10 Å². The second-order valence-corrected chi connectivity index (χ2v) is 17.5. The molecule has 0 spiro atoms.